The predicted octanol–water partition coefficient (Wildman–Crippen LogP) is 26.7. The molecule has 0 fully saturated rings. The second kappa shape index (κ2) is 25.2. The lowest BCUT2D eigenvalue weighted by Gasteiger charge is -2.35. The number of hydrogen-bond donors (Lipinski definition) is 0. The lowest BCUT2D eigenvalue weighted by molar-refractivity contribution is 0.482. The summed E-state index contributed by atoms with van der Waals surface area (Å²) in [5.74, 6) is 2.29. The van der Waals surface area contributed by atoms with E-state index in [9.17, 15) is 0 Å². The Morgan fingerprint density at radius 3 is 0.990 bits per heavy atom. The third-order valence-corrected chi connectivity index (χ3v) is 21.3. The molecule has 2 atom stereocenters. The van der Waals surface area contributed by atoms with E-state index < -0.39 is 10.8 Å². The summed E-state index contributed by atoms with van der Waals surface area (Å²) in [5.41, 5.74) is 20.9. The fourth-order valence-electron chi connectivity index (χ4n) is 16.5. The largest absolute Gasteiger partial charge is 0.457 e. The second-order valence-corrected chi connectivity index (χ2v) is 27.1. The van der Waals surface area contributed by atoms with Gasteiger partial charge in [0.15, 0.2) is 0 Å². The predicted molar refractivity (Wildman–Crippen MR) is 426 cm³/mol. The number of anilines is 6. The zero-order valence-electron chi connectivity index (χ0n) is 56.9. The quantitative estimate of drug-likeness (QED) is 0.0964. The molecule has 5 nitrogen and oxygen atoms in total. The Labute approximate surface area is 607 Å². The molecule has 2 aliphatic rings. The summed E-state index contributed by atoms with van der Waals surface area (Å²) in [6.45, 7) is 7.83. The molecule has 2 unspecified atom stereocenters. The van der Waals surface area contributed by atoms with Crippen LogP contribution in [0.2, 0.25) is 0 Å². The van der Waals surface area contributed by atoms with Gasteiger partial charge >= 0.3 is 0 Å². The van der Waals surface area contributed by atoms with Gasteiger partial charge in [-0.2, -0.15) is 0 Å². The summed E-state index contributed by atoms with van der Waals surface area (Å²) >= 11 is 0. The lowest BCUT2D eigenvalue weighted by Crippen LogP contribution is -2.28. The highest BCUT2D eigenvalue weighted by molar-refractivity contribution is 6.14. The maximum atomic E-state index is 15.2. The number of hydrogen-bond acceptors (Lipinski definition) is 5. The van der Waals surface area contributed by atoms with E-state index in [1.165, 1.54) is 35.4 Å². The molecule has 0 N–H and O–H groups in total. The van der Waals surface area contributed by atoms with Crippen LogP contribution in [0, 0.1) is 11.6 Å². The zero-order valence-corrected chi connectivity index (χ0v) is 56.9. The van der Waals surface area contributed by atoms with Crippen molar-refractivity contribution in [2.75, 3.05) is 9.80 Å². The Morgan fingerprint density at radius 2 is 0.600 bits per heavy atom. The van der Waals surface area contributed by atoms with Crippen LogP contribution in [0.5, 0.6) is 23.0 Å². The maximum absolute atomic E-state index is 15.2. The fraction of sp³-hybridized carbons (Fsp3) is 0.0204. The second-order valence-electron chi connectivity index (χ2n) is 27.1. The number of furan rings is 1. The van der Waals surface area contributed by atoms with Crippen LogP contribution in [0.1, 0.15) is 55.6 Å². The van der Waals surface area contributed by atoms with Crippen LogP contribution in [0.25, 0.3) is 77.9 Å². The van der Waals surface area contributed by atoms with Crippen LogP contribution in [0.4, 0.5) is 42.9 Å². The van der Waals surface area contributed by atoms with E-state index in [0.717, 1.165) is 167 Å². The van der Waals surface area contributed by atoms with E-state index in [0.29, 0.717) is 0 Å². The molecule has 16 aromatic carbocycles. The number of benzene rings is 16. The van der Waals surface area contributed by atoms with Crippen molar-refractivity contribution in [1.29, 1.82) is 0 Å². The normalized spacial score (nSPS) is 14.7. The average Bonchev–Trinajstić information content (AvgIpc) is 1.56. The van der Waals surface area contributed by atoms with Crippen LogP contribution < -0.4 is 19.3 Å². The molecule has 1 heterocycles. The monoisotopic (exact) mass is 1350 g/mol. The van der Waals surface area contributed by atoms with Crippen molar-refractivity contribution in [2.45, 2.75) is 10.8 Å². The van der Waals surface area contributed by atoms with Gasteiger partial charge in [0.05, 0.1) is 10.8 Å². The molecular weight excluding hydrogens is 1290 g/mol. The summed E-state index contributed by atoms with van der Waals surface area (Å²) in [7, 11) is 0. The van der Waals surface area contributed by atoms with Crippen molar-refractivity contribution in [3.63, 3.8) is 0 Å². The lowest BCUT2D eigenvalue weighted by atomic mass is 9.67. The van der Waals surface area contributed by atoms with E-state index in [-0.39, 0.29) is 11.6 Å². The van der Waals surface area contributed by atoms with Gasteiger partial charge < -0.3 is 23.7 Å². The van der Waals surface area contributed by atoms with Crippen LogP contribution in [0.3, 0.4) is 0 Å². The van der Waals surface area contributed by atoms with Crippen molar-refractivity contribution >= 4 is 89.8 Å². The van der Waals surface area contributed by atoms with E-state index >= 15 is 8.78 Å². The van der Waals surface area contributed by atoms with Gasteiger partial charge in [0.1, 0.15) is 45.8 Å². The molecule has 0 saturated heterocycles. The standard InChI is InChI=1S/C98H64F2N2O3/c1-3-63-23-45-81(46-24-63)103-83-49-29-71(30-50-83)97(69-15-7-5-8-16-69)91-21-13-11-19-85(91)87-53-43-79(61-93(87)97)101(75-39-33-73(99)34-40-75)77-37-27-65-59-95-89(57-67(65)55-77)90-58-68-56-78(38-28-66(68)60-96(90)105-95)102(76-41-35-74(100)36-42-76)80-44-54-88-86-20-12-14-22-92(86)98(94(88)62-80,70-17-9-6-10-18-70)72-31-51-84(52-32-72)104-82-47-25-64(4-2)26-48-82/h3-62H,1-2H2. The first-order valence-corrected chi connectivity index (χ1v) is 35.3. The molecule has 0 spiro atoms. The minimum atomic E-state index is -0.737. The Morgan fingerprint density at radius 1 is 0.276 bits per heavy atom. The number of ether oxygens (including phenoxy) is 2. The first kappa shape index (κ1) is 62.4. The van der Waals surface area contributed by atoms with E-state index in [2.05, 4.69) is 278 Å². The number of nitrogens with zero attached hydrogens (tertiary/aromatic N) is 2. The third kappa shape index (κ3) is 10.4. The molecule has 19 rings (SSSR count). The van der Waals surface area contributed by atoms with Crippen molar-refractivity contribution in [2.24, 2.45) is 0 Å². The van der Waals surface area contributed by atoms with Gasteiger partial charge in [0.25, 0.3) is 0 Å². The molecule has 0 saturated carbocycles. The summed E-state index contributed by atoms with van der Waals surface area (Å²) in [4.78, 5) is 4.46. The van der Waals surface area contributed by atoms with Gasteiger partial charge in [0.2, 0.25) is 0 Å². The molecule has 105 heavy (non-hydrogen) atoms. The summed E-state index contributed by atoms with van der Waals surface area (Å²) in [6, 6.07) is 121. The van der Waals surface area contributed by atoms with Crippen LogP contribution in [0.15, 0.2) is 369 Å². The Kier molecular flexibility index (Phi) is 15.0. The summed E-state index contributed by atoms with van der Waals surface area (Å²) < 4.78 is 50.0. The summed E-state index contributed by atoms with van der Waals surface area (Å²) in [6.07, 6.45) is 3.65. The Bertz CT molecular complexity index is 5870. The van der Waals surface area contributed by atoms with E-state index in [1.54, 1.807) is 0 Å². The molecule has 0 amide bonds. The SMILES string of the molecule is C=Cc1ccc(Oc2ccc(C3(c4ccccc4)c4ccccc4-c4ccc(N(c5ccc(F)cc5)c5ccc6cc7oc8cc9ccc(N(c%10ccc(F)cc%10)c%10ccc%11c(c%10)C(c%10ccccc%10)(c%10ccc(Oc%12ccc(C=C)cc%12)cc%10)c%10ccccc%10-%11)cc9cc8c7cc6c5)cc43)cc2)cc1. The summed E-state index contributed by atoms with van der Waals surface area (Å²) in [5, 5.41) is 5.94. The minimum absolute atomic E-state index is 0.320. The number of halogens is 2. The van der Waals surface area contributed by atoms with Gasteiger partial charge in [0, 0.05) is 44.9 Å². The molecule has 2 aliphatic carbocycles. The average molecular weight is 1360 g/mol. The van der Waals surface area contributed by atoms with E-state index in [1.807, 2.05) is 84.9 Å². The molecule has 498 valence electrons. The van der Waals surface area contributed by atoms with Crippen molar-refractivity contribution in [3.05, 3.63) is 432 Å². The number of rotatable bonds is 16. The van der Waals surface area contributed by atoms with Gasteiger partial charge in [-0.3, -0.25) is 0 Å². The van der Waals surface area contributed by atoms with Gasteiger partial charge in [-0.05, 0) is 269 Å². The topological polar surface area (TPSA) is 38.1 Å². The van der Waals surface area contributed by atoms with Gasteiger partial charge in [-0.15, -0.1) is 0 Å². The first-order valence-electron chi connectivity index (χ1n) is 35.3. The van der Waals surface area contributed by atoms with Crippen molar-refractivity contribution < 1.29 is 22.7 Å². The fourth-order valence-corrected chi connectivity index (χ4v) is 16.5. The van der Waals surface area contributed by atoms with Gasteiger partial charge in [-0.25, -0.2) is 8.78 Å². The molecule has 0 aliphatic heterocycles. The molecule has 0 radical (unpaired) electrons. The molecule has 1 aromatic heterocycles. The highest BCUT2D eigenvalue weighted by Gasteiger charge is 2.48. The van der Waals surface area contributed by atoms with Crippen LogP contribution in [-0.4, -0.2) is 0 Å². The van der Waals surface area contributed by atoms with Gasteiger partial charge in [-0.1, -0.05) is 207 Å². The van der Waals surface area contributed by atoms with Crippen LogP contribution in [-0.2, 0) is 10.8 Å². The number of fused-ring (bicyclic) bond motifs is 11. The van der Waals surface area contributed by atoms with Crippen molar-refractivity contribution in [1.82, 2.24) is 0 Å². The van der Waals surface area contributed by atoms with E-state index in [4.69, 9.17) is 13.9 Å². The molecule has 17 aromatic rings. The zero-order chi connectivity index (χ0) is 70.3. The first-order chi connectivity index (χ1) is 51.7. The Balaban J connectivity index is 0.719. The maximum Gasteiger partial charge on any atom is 0.136 e. The Hall–Kier alpha value is -13.6. The van der Waals surface area contributed by atoms with Crippen molar-refractivity contribution in [3.8, 4) is 45.3 Å². The highest BCUT2D eigenvalue weighted by atomic mass is 19.1. The molecule has 0 bridgehead atoms. The molecular formula is C98H64F2N2O3. The third-order valence-electron chi connectivity index (χ3n) is 21.3. The molecule has 7 heteroatoms. The minimum Gasteiger partial charge on any atom is -0.457 e. The smallest absolute Gasteiger partial charge is 0.136 e. The van der Waals surface area contributed by atoms with Crippen LogP contribution >= 0.6 is 0 Å². The highest BCUT2D eigenvalue weighted by Crippen LogP contribution is 2.60.